The molecule has 2 aliphatic rings. The first-order valence-electron chi connectivity index (χ1n) is 5.57. The van der Waals surface area contributed by atoms with Crippen LogP contribution in [0, 0.1) is 5.92 Å². The van der Waals surface area contributed by atoms with Gasteiger partial charge in [-0.2, -0.15) is 0 Å². The van der Waals surface area contributed by atoms with Crippen molar-refractivity contribution in [1.29, 1.82) is 0 Å². The molecule has 2 heterocycles. The van der Waals surface area contributed by atoms with E-state index < -0.39 is 0 Å². The summed E-state index contributed by atoms with van der Waals surface area (Å²) in [5, 5.41) is 2.67. The third kappa shape index (κ3) is 2.41. The van der Waals surface area contributed by atoms with Gasteiger partial charge in [0.25, 0.3) is 0 Å². The number of cyclic esters (lactones) is 1. The Labute approximate surface area is 89.9 Å². The standard InChI is InChI=1S/C10H19N3O2/c1-7-2-8(3-11)5-13(7)6-9-4-12-10(14)15-9/h7-9H,2-6,11H2,1H3,(H,12,14). The van der Waals surface area contributed by atoms with E-state index in [1.165, 1.54) is 0 Å². The van der Waals surface area contributed by atoms with Crippen LogP contribution in [0.5, 0.6) is 0 Å². The smallest absolute Gasteiger partial charge is 0.407 e. The third-order valence-corrected chi connectivity index (χ3v) is 3.31. The lowest BCUT2D eigenvalue weighted by Gasteiger charge is -2.23. The van der Waals surface area contributed by atoms with Gasteiger partial charge in [0.2, 0.25) is 0 Å². The number of alkyl carbamates (subject to hydrolysis) is 1. The Hall–Kier alpha value is -0.810. The summed E-state index contributed by atoms with van der Waals surface area (Å²) in [7, 11) is 0. The molecule has 0 bridgehead atoms. The lowest BCUT2D eigenvalue weighted by atomic mass is 10.1. The van der Waals surface area contributed by atoms with Gasteiger partial charge in [0.05, 0.1) is 6.54 Å². The molecule has 2 saturated heterocycles. The third-order valence-electron chi connectivity index (χ3n) is 3.31. The highest BCUT2D eigenvalue weighted by atomic mass is 16.6. The van der Waals surface area contributed by atoms with Gasteiger partial charge < -0.3 is 15.8 Å². The van der Waals surface area contributed by atoms with E-state index in [2.05, 4.69) is 17.1 Å². The maximum absolute atomic E-state index is 10.9. The lowest BCUT2D eigenvalue weighted by molar-refractivity contribution is 0.105. The molecule has 5 heteroatoms. The molecule has 2 fully saturated rings. The van der Waals surface area contributed by atoms with Gasteiger partial charge in [-0.25, -0.2) is 4.79 Å². The van der Waals surface area contributed by atoms with Crippen molar-refractivity contribution >= 4 is 6.09 Å². The van der Waals surface area contributed by atoms with Crippen molar-refractivity contribution in [2.45, 2.75) is 25.5 Å². The molecule has 0 spiro atoms. The summed E-state index contributed by atoms with van der Waals surface area (Å²) in [6, 6.07) is 0.554. The summed E-state index contributed by atoms with van der Waals surface area (Å²) in [6.45, 7) is 5.46. The largest absolute Gasteiger partial charge is 0.443 e. The maximum Gasteiger partial charge on any atom is 0.407 e. The van der Waals surface area contributed by atoms with Crippen molar-refractivity contribution in [2.24, 2.45) is 11.7 Å². The van der Waals surface area contributed by atoms with Crippen LogP contribution < -0.4 is 11.1 Å². The van der Waals surface area contributed by atoms with Gasteiger partial charge in [0.1, 0.15) is 6.10 Å². The molecule has 1 amide bonds. The molecule has 15 heavy (non-hydrogen) atoms. The fraction of sp³-hybridized carbons (Fsp3) is 0.900. The Morgan fingerprint density at radius 3 is 3.00 bits per heavy atom. The molecule has 3 atom stereocenters. The normalized spacial score (nSPS) is 36.7. The first kappa shape index (κ1) is 10.7. The quantitative estimate of drug-likeness (QED) is 0.679. The van der Waals surface area contributed by atoms with E-state index in [1.54, 1.807) is 0 Å². The van der Waals surface area contributed by atoms with Gasteiger partial charge in [0, 0.05) is 19.1 Å². The average Bonchev–Trinajstić information content (AvgIpc) is 2.75. The zero-order valence-corrected chi connectivity index (χ0v) is 9.11. The number of nitrogens with two attached hydrogens (primary N) is 1. The zero-order chi connectivity index (χ0) is 10.8. The number of carbonyl (C=O) groups is 1. The first-order valence-corrected chi connectivity index (χ1v) is 5.57. The lowest BCUT2D eigenvalue weighted by Crippen LogP contribution is -2.36. The van der Waals surface area contributed by atoms with E-state index in [1.807, 2.05) is 0 Å². The molecule has 2 aliphatic heterocycles. The summed E-state index contributed by atoms with van der Waals surface area (Å²) < 4.78 is 5.12. The number of likely N-dealkylation sites (tertiary alicyclic amines) is 1. The Bertz CT molecular complexity index is 247. The molecule has 0 aromatic rings. The van der Waals surface area contributed by atoms with E-state index in [-0.39, 0.29) is 12.2 Å². The van der Waals surface area contributed by atoms with Crippen molar-refractivity contribution < 1.29 is 9.53 Å². The van der Waals surface area contributed by atoms with Crippen LogP contribution in [0.1, 0.15) is 13.3 Å². The number of carbonyl (C=O) groups excluding carboxylic acids is 1. The summed E-state index contributed by atoms with van der Waals surface area (Å²) in [6.07, 6.45) is 0.878. The van der Waals surface area contributed by atoms with Crippen LogP contribution in [0.15, 0.2) is 0 Å². The summed E-state index contributed by atoms with van der Waals surface area (Å²) >= 11 is 0. The highest BCUT2D eigenvalue weighted by Crippen LogP contribution is 2.22. The molecule has 0 aliphatic carbocycles. The highest BCUT2D eigenvalue weighted by molar-refractivity contribution is 5.69. The van der Waals surface area contributed by atoms with E-state index in [9.17, 15) is 4.79 Å². The van der Waals surface area contributed by atoms with E-state index >= 15 is 0 Å². The van der Waals surface area contributed by atoms with Crippen molar-refractivity contribution in [3.63, 3.8) is 0 Å². The fourth-order valence-electron chi connectivity index (χ4n) is 2.44. The van der Waals surface area contributed by atoms with Crippen molar-refractivity contribution in [2.75, 3.05) is 26.2 Å². The Balaban J connectivity index is 1.82. The highest BCUT2D eigenvalue weighted by Gasteiger charge is 2.32. The van der Waals surface area contributed by atoms with Gasteiger partial charge >= 0.3 is 6.09 Å². The minimum absolute atomic E-state index is 0.0106. The summed E-state index contributed by atoms with van der Waals surface area (Å²) in [5.74, 6) is 0.602. The van der Waals surface area contributed by atoms with Crippen LogP contribution in [0.2, 0.25) is 0 Å². The maximum atomic E-state index is 10.9. The second-order valence-electron chi connectivity index (χ2n) is 4.55. The van der Waals surface area contributed by atoms with Gasteiger partial charge in [-0.1, -0.05) is 0 Å². The van der Waals surface area contributed by atoms with Crippen LogP contribution in [0.25, 0.3) is 0 Å². The average molecular weight is 213 g/mol. The Kier molecular flexibility index (Phi) is 3.11. The number of amides is 1. The molecule has 86 valence electrons. The number of nitrogens with one attached hydrogen (secondary N) is 1. The van der Waals surface area contributed by atoms with Crippen molar-refractivity contribution in [3.8, 4) is 0 Å². The fourth-order valence-corrected chi connectivity index (χ4v) is 2.44. The van der Waals surface area contributed by atoms with Gasteiger partial charge in [-0.15, -0.1) is 0 Å². The predicted molar refractivity (Wildman–Crippen MR) is 56.5 cm³/mol. The summed E-state index contributed by atoms with van der Waals surface area (Å²) in [5.41, 5.74) is 5.66. The minimum atomic E-state index is -0.290. The van der Waals surface area contributed by atoms with E-state index in [4.69, 9.17) is 10.5 Å². The molecular weight excluding hydrogens is 194 g/mol. The van der Waals surface area contributed by atoms with Gasteiger partial charge in [-0.3, -0.25) is 4.90 Å². The molecule has 0 radical (unpaired) electrons. The molecule has 0 aromatic heterocycles. The SMILES string of the molecule is CC1CC(CN)CN1CC1CNC(=O)O1. The van der Waals surface area contributed by atoms with Crippen LogP contribution in [-0.4, -0.2) is 49.3 Å². The summed E-state index contributed by atoms with van der Waals surface area (Å²) in [4.78, 5) is 13.2. The minimum Gasteiger partial charge on any atom is -0.443 e. The van der Waals surface area contributed by atoms with E-state index in [0.717, 1.165) is 26.1 Å². The number of hydrogen-bond acceptors (Lipinski definition) is 4. The van der Waals surface area contributed by atoms with Crippen LogP contribution in [0.4, 0.5) is 4.79 Å². The van der Waals surface area contributed by atoms with E-state index in [0.29, 0.717) is 18.5 Å². The topological polar surface area (TPSA) is 67.6 Å². The Morgan fingerprint density at radius 2 is 2.47 bits per heavy atom. The monoisotopic (exact) mass is 213 g/mol. The van der Waals surface area contributed by atoms with Gasteiger partial charge in [0.15, 0.2) is 0 Å². The van der Waals surface area contributed by atoms with Crippen LogP contribution in [0.3, 0.4) is 0 Å². The van der Waals surface area contributed by atoms with Crippen LogP contribution in [-0.2, 0) is 4.74 Å². The number of nitrogens with zero attached hydrogens (tertiary/aromatic N) is 1. The number of hydrogen-bond donors (Lipinski definition) is 2. The molecule has 3 unspecified atom stereocenters. The predicted octanol–water partition coefficient (Wildman–Crippen LogP) is -0.236. The number of rotatable bonds is 3. The second-order valence-corrected chi connectivity index (χ2v) is 4.55. The molecule has 3 N–H and O–H groups in total. The molecular formula is C10H19N3O2. The second kappa shape index (κ2) is 4.37. The molecule has 2 rings (SSSR count). The molecule has 0 aromatic carbocycles. The molecule has 5 nitrogen and oxygen atoms in total. The van der Waals surface area contributed by atoms with Gasteiger partial charge in [-0.05, 0) is 25.8 Å². The van der Waals surface area contributed by atoms with Crippen molar-refractivity contribution in [1.82, 2.24) is 10.2 Å². The first-order chi connectivity index (χ1) is 7.19. The number of ether oxygens (including phenoxy) is 1. The van der Waals surface area contributed by atoms with Crippen molar-refractivity contribution in [3.05, 3.63) is 0 Å². The molecule has 0 saturated carbocycles. The van der Waals surface area contributed by atoms with Crippen LogP contribution >= 0.6 is 0 Å². The zero-order valence-electron chi connectivity index (χ0n) is 9.11. The Morgan fingerprint density at radius 1 is 1.67 bits per heavy atom.